The minimum Gasteiger partial charge on any atom is -0.491 e. The fourth-order valence-electron chi connectivity index (χ4n) is 3.88. The predicted molar refractivity (Wildman–Crippen MR) is 125 cm³/mol. The number of benzene rings is 3. The van der Waals surface area contributed by atoms with Crippen molar-refractivity contribution in [3.63, 3.8) is 0 Å². The molecule has 1 aliphatic rings. The van der Waals surface area contributed by atoms with Crippen molar-refractivity contribution in [1.29, 1.82) is 0 Å². The molecule has 166 valence electrons. The van der Waals surface area contributed by atoms with Crippen molar-refractivity contribution in [2.24, 2.45) is 0 Å². The molecule has 32 heavy (non-hydrogen) atoms. The van der Waals surface area contributed by atoms with Gasteiger partial charge in [-0.1, -0.05) is 48.5 Å². The summed E-state index contributed by atoms with van der Waals surface area (Å²) in [7, 11) is 1.72. The standard InChI is InChI=1S/C26H28N2O4/c1-28(14-15-30-16-17-31-20-12-10-19(27)11-13-20)26(29)32-18-25-23-8-4-2-6-21(23)22-7-3-5-9-24(22)25/h2-13,25H,14-18,27H2,1H3. The predicted octanol–water partition coefficient (Wildman–Crippen LogP) is 4.55. The van der Waals surface area contributed by atoms with Gasteiger partial charge < -0.3 is 24.8 Å². The summed E-state index contributed by atoms with van der Waals surface area (Å²) in [4.78, 5) is 14.0. The summed E-state index contributed by atoms with van der Waals surface area (Å²) in [5, 5.41) is 0. The van der Waals surface area contributed by atoms with Gasteiger partial charge in [0.25, 0.3) is 0 Å². The van der Waals surface area contributed by atoms with Gasteiger partial charge in [-0.2, -0.15) is 0 Å². The lowest BCUT2D eigenvalue weighted by Gasteiger charge is -2.19. The summed E-state index contributed by atoms with van der Waals surface area (Å²) >= 11 is 0. The van der Waals surface area contributed by atoms with E-state index in [1.165, 1.54) is 27.2 Å². The first-order chi connectivity index (χ1) is 15.6. The summed E-state index contributed by atoms with van der Waals surface area (Å²) < 4.78 is 16.8. The highest BCUT2D eigenvalue weighted by molar-refractivity contribution is 5.79. The Kier molecular flexibility index (Phi) is 6.92. The molecule has 0 aliphatic heterocycles. The van der Waals surface area contributed by atoms with E-state index in [0.29, 0.717) is 38.7 Å². The SMILES string of the molecule is CN(CCOCCOc1ccc(N)cc1)C(=O)OCC1c2ccccc2-c2ccccc21. The second-order valence-corrected chi connectivity index (χ2v) is 7.76. The van der Waals surface area contributed by atoms with Crippen LogP contribution in [0.25, 0.3) is 11.1 Å². The number of likely N-dealkylation sites (N-methyl/N-ethyl adjacent to an activating group) is 1. The molecule has 0 atom stereocenters. The molecule has 0 fully saturated rings. The van der Waals surface area contributed by atoms with Crippen LogP contribution in [0.15, 0.2) is 72.8 Å². The zero-order chi connectivity index (χ0) is 22.3. The van der Waals surface area contributed by atoms with Crippen LogP contribution < -0.4 is 10.5 Å². The van der Waals surface area contributed by atoms with Crippen molar-refractivity contribution >= 4 is 11.8 Å². The third-order valence-corrected chi connectivity index (χ3v) is 5.60. The van der Waals surface area contributed by atoms with Gasteiger partial charge in [-0.25, -0.2) is 4.79 Å². The first-order valence-electron chi connectivity index (χ1n) is 10.8. The molecule has 1 aliphatic carbocycles. The van der Waals surface area contributed by atoms with E-state index in [-0.39, 0.29) is 12.0 Å². The van der Waals surface area contributed by atoms with Gasteiger partial charge in [0.05, 0.1) is 13.2 Å². The number of nitrogen functional groups attached to an aromatic ring is 1. The minimum absolute atomic E-state index is 0.0569. The molecule has 0 saturated carbocycles. The maximum atomic E-state index is 12.5. The van der Waals surface area contributed by atoms with E-state index in [4.69, 9.17) is 19.9 Å². The van der Waals surface area contributed by atoms with Gasteiger partial charge in [-0.15, -0.1) is 0 Å². The van der Waals surface area contributed by atoms with Crippen molar-refractivity contribution in [2.75, 3.05) is 45.8 Å². The van der Waals surface area contributed by atoms with Gasteiger partial charge in [-0.3, -0.25) is 0 Å². The number of anilines is 1. The molecule has 0 heterocycles. The molecular formula is C26H28N2O4. The van der Waals surface area contributed by atoms with Gasteiger partial charge in [-0.05, 0) is 46.5 Å². The number of carbonyl (C=O) groups excluding carboxylic acids is 1. The molecule has 6 nitrogen and oxygen atoms in total. The average molecular weight is 433 g/mol. The van der Waals surface area contributed by atoms with Crippen LogP contribution in [0.3, 0.4) is 0 Å². The van der Waals surface area contributed by atoms with Gasteiger partial charge in [0, 0.05) is 25.2 Å². The minimum atomic E-state index is -0.353. The number of nitrogens with zero attached hydrogens (tertiary/aromatic N) is 1. The van der Waals surface area contributed by atoms with Gasteiger partial charge in [0.15, 0.2) is 0 Å². The van der Waals surface area contributed by atoms with Gasteiger partial charge in [0.2, 0.25) is 0 Å². The van der Waals surface area contributed by atoms with E-state index in [2.05, 4.69) is 24.3 Å². The highest BCUT2D eigenvalue weighted by Gasteiger charge is 2.29. The molecule has 3 aromatic carbocycles. The maximum Gasteiger partial charge on any atom is 0.409 e. The van der Waals surface area contributed by atoms with Gasteiger partial charge in [0.1, 0.15) is 19.0 Å². The molecule has 4 rings (SSSR count). The molecule has 0 spiro atoms. The highest BCUT2D eigenvalue weighted by atomic mass is 16.6. The Morgan fingerprint density at radius 3 is 2.16 bits per heavy atom. The highest BCUT2D eigenvalue weighted by Crippen LogP contribution is 2.44. The molecule has 3 aromatic rings. The number of nitrogens with two attached hydrogens (primary N) is 1. The van der Waals surface area contributed by atoms with Gasteiger partial charge >= 0.3 is 6.09 Å². The number of rotatable bonds is 9. The van der Waals surface area contributed by atoms with Crippen molar-refractivity contribution < 1.29 is 19.0 Å². The summed E-state index contributed by atoms with van der Waals surface area (Å²) in [5.74, 6) is 0.806. The molecule has 0 radical (unpaired) electrons. The number of amides is 1. The van der Waals surface area contributed by atoms with Crippen LogP contribution in [0.4, 0.5) is 10.5 Å². The Morgan fingerprint density at radius 2 is 1.50 bits per heavy atom. The zero-order valence-corrected chi connectivity index (χ0v) is 18.2. The molecular weight excluding hydrogens is 404 g/mol. The van der Waals surface area contributed by atoms with Crippen LogP contribution in [0.5, 0.6) is 5.75 Å². The molecule has 2 N–H and O–H groups in total. The van der Waals surface area contributed by atoms with Crippen molar-refractivity contribution in [3.05, 3.63) is 83.9 Å². The molecule has 0 saturated heterocycles. The lowest BCUT2D eigenvalue weighted by molar-refractivity contribution is 0.0704. The number of hydrogen-bond donors (Lipinski definition) is 1. The van der Waals surface area contributed by atoms with Crippen molar-refractivity contribution in [3.8, 4) is 16.9 Å². The largest absolute Gasteiger partial charge is 0.491 e. The summed E-state index contributed by atoms with van der Waals surface area (Å²) in [6.07, 6.45) is -0.353. The zero-order valence-electron chi connectivity index (χ0n) is 18.2. The first kappa shape index (κ1) is 21.7. The van der Waals surface area contributed by atoms with E-state index in [0.717, 1.165) is 5.75 Å². The Hall–Kier alpha value is -3.51. The quantitative estimate of drug-likeness (QED) is 0.397. The third kappa shape index (κ3) is 5.03. The molecule has 1 amide bonds. The second-order valence-electron chi connectivity index (χ2n) is 7.76. The van der Waals surface area contributed by atoms with E-state index in [1.807, 2.05) is 36.4 Å². The van der Waals surface area contributed by atoms with Crippen LogP contribution in [-0.2, 0) is 9.47 Å². The Labute approximate surface area is 188 Å². The van der Waals surface area contributed by atoms with Crippen LogP contribution >= 0.6 is 0 Å². The van der Waals surface area contributed by atoms with Crippen molar-refractivity contribution in [2.45, 2.75) is 5.92 Å². The Bertz CT molecular complexity index is 1010. The average Bonchev–Trinajstić information content (AvgIpc) is 3.14. The van der Waals surface area contributed by atoms with Crippen LogP contribution in [0.1, 0.15) is 17.0 Å². The normalized spacial score (nSPS) is 12.2. The number of hydrogen-bond acceptors (Lipinski definition) is 5. The van der Waals surface area contributed by atoms with E-state index in [9.17, 15) is 4.79 Å². The van der Waals surface area contributed by atoms with Crippen molar-refractivity contribution in [1.82, 2.24) is 4.90 Å². The number of carbonyl (C=O) groups is 1. The summed E-state index contributed by atoms with van der Waals surface area (Å²) in [5.41, 5.74) is 11.2. The Morgan fingerprint density at radius 1 is 0.875 bits per heavy atom. The smallest absolute Gasteiger partial charge is 0.409 e. The van der Waals surface area contributed by atoms with E-state index < -0.39 is 0 Å². The first-order valence-corrected chi connectivity index (χ1v) is 10.8. The van der Waals surface area contributed by atoms with Crippen LogP contribution in [-0.4, -0.2) is 51.0 Å². The van der Waals surface area contributed by atoms with E-state index >= 15 is 0 Å². The maximum absolute atomic E-state index is 12.5. The summed E-state index contributed by atoms with van der Waals surface area (Å²) in [6.45, 7) is 2.03. The molecule has 6 heteroatoms. The Balaban J connectivity index is 1.19. The molecule has 0 aromatic heterocycles. The summed E-state index contributed by atoms with van der Waals surface area (Å²) in [6, 6.07) is 23.8. The third-order valence-electron chi connectivity index (χ3n) is 5.60. The molecule has 0 bridgehead atoms. The fourth-order valence-corrected chi connectivity index (χ4v) is 3.88. The number of fused-ring (bicyclic) bond motifs is 3. The van der Waals surface area contributed by atoms with E-state index in [1.54, 1.807) is 19.2 Å². The topological polar surface area (TPSA) is 74.0 Å². The van der Waals surface area contributed by atoms with Crippen LogP contribution in [0.2, 0.25) is 0 Å². The lowest BCUT2D eigenvalue weighted by Crippen LogP contribution is -2.32. The number of ether oxygens (including phenoxy) is 3. The monoisotopic (exact) mass is 432 g/mol. The lowest BCUT2D eigenvalue weighted by atomic mass is 9.98. The second kappa shape index (κ2) is 10.2. The molecule has 0 unspecified atom stereocenters. The van der Waals surface area contributed by atoms with Crippen LogP contribution in [0, 0.1) is 0 Å². The fraction of sp³-hybridized carbons (Fsp3) is 0.269.